The molecule has 5 heteroatoms. The predicted octanol–water partition coefficient (Wildman–Crippen LogP) is 0.916. The number of para-hydroxylation sites is 1. The summed E-state index contributed by atoms with van der Waals surface area (Å²) in [6, 6.07) is 6.99. The van der Waals surface area contributed by atoms with Gasteiger partial charge in [0.15, 0.2) is 0 Å². The molecule has 0 bridgehead atoms. The lowest BCUT2D eigenvalue weighted by Gasteiger charge is -2.05. The van der Waals surface area contributed by atoms with Crippen LogP contribution in [0.3, 0.4) is 0 Å². The summed E-state index contributed by atoms with van der Waals surface area (Å²) in [4.78, 5) is 14.4. The molecule has 16 heavy (non-hydrogen) atoms. The molecule has 1 aromatic carbocycles. The standard InChI is InChI=1S/C11H11N3O2/c1-6(14-12)9-10(15)7-4-2-3-5-8(7)13-11(9)16/h2-5H,12H2,1H3,(H2,13,15,16). The quantitative estimate of drug-likeness (QED) is 0.376. The Morgan fingerprint density at radius 2 is 2.12 bits per heavy atom. The summed E-state index contributed by atoms with van der Waals surface area (Å²) in [7, 11) is 0. The summed E-state index contributed by atoms with van der Waals surface area (Å²) in [6.07, 6.45) is 0. The second-order valence-electron chi connectivity index (χ2n) is 3.44. The summed E-state index contributed by atoms with van der Waals surface area (Å²) >= 11 is 0. The van der Waals surface area contributed by atoms with Gasteiger partial charge in [-0.3, -0.25) is 4.79 Å². The second-order valence-corrected chi connectivity index (χ2v) is 3.44. The Morgan fingerprint density at radius 1 is 1.44 bits per heavy atom. The van der Waals surface area contributed by atoms with Crippen molar-refractivity contribution in [2.45, 2.75) is 6.92 Å². The van der Waals surface area contributed by atoms with E-state index in [9.17, 15) is 9.90 Å². The first-order valence-electron chi connectivity index (χ1n) is 4.74. The molecule has 1 heterocycles. The van der Waals surface area contributed by atoms with Crippen LogP contribution in [0.1, 0.15) is 12.5 Å². The number of nitrogens with one attached hydrogen (secondary N) is 1. The highest BCUT2D eigenvalue weighted by molar-refractivity contribution is 6.04. The molecule has 0 aliphatic carbocycles. The highest BCUT2D eigenvalue weighted by Gasteiger charge is 2.13. The van der Waals surface area contributed by atoms with E-state index < -0.39 is 5.56 Å². The molecular formula is C11H11N3O2. The molecule has 2 rings (SSSR count). The van der Waals surface area contributed by atoms with Gasteiger partial charge in [0.2, 0.25) is 0 Å². The summed E-state index contributed by atoms with van der Waals surface area (Å²) in [5.41, 5.74) is 0.590. The first-order chi connectivity index (χ1) is 7.65. The van der Waals surface area contributed by atoms with Crippen LogP contribution in [0.4, 0.5) is 0 Å². The monoisotopic (exact) mass is 217 g/mol. The van der Waals surface area contributed by atoms with Gasteiger partial charge in [0, 0.05) is 5.39 Å². The molecule has 0 amide bonds. The summed E-state index contributed by atoms with van der Waals surface area (Å²) < 4.78 is 0. The molecule has 0 unspecified atom stereocenters. The number of H-pyrrole nitrogens is 1. The Morgan fingerprint density at radius 3 is 2.81 bits per heavy atom. The largest absolute Gasteiger partial charge is 0.506 e. The van der Waals surface area contributed by atoms with Crippen LogP contribution in [0.15, 0.2) is 34.2 Å². The molecule has 5 nitrogen and oxygen atoms in total. The lowest BCUT2D eigenvalue weighted by atomic mass is 10.1. The lowest BCUT2D eigenvalue weighted by molar-refractivity contribution is 0.479. The van der Waals surface area contributed by atoms with Gasteiger partial charge in [-0.25, -0.2) is 0 Å². The molecule has 0 saturated heterocycles. The first-order valence-corrected chi connectivity index (χ1v) is 4.74. The number of nitrogens with zero attached hydrogens (tertiary/aromatic N) is 1. The van der Waals surface area contributed by atoms with E-state index in [1.807, 2.05) is 0 Å². The smallest absolute Gasteiger partial charge is 0.261 e. The maximum absolute atomic E-state index is 11.7. The molecule has 82 valence electrons. The van der Waals surface area contributed by atoms with E-state index in [-0.39, 0.29) is 11.3 Å². The zero-order valence-electron chi connectivity index (χ0n) is 8.69. The molecule has 2 aromatic rings. The van der Waals surface area contributed by atoms with Crippen molar-refractivity contribution in [3.05, 3.63) is 40.2 Å². The van der Waals surface area contributed by atoms with Gasteiger partial charge in [-0.05, 0) is 19.1 Å². The number of hydrazone groups is 1. The molecule has 0 aliphatic heterocycles. The van der Waals surface area contributed by atoms with E-state index in [0.29, 0.717) is 16.6 Å². The number of aromatic amines is 1. The van der Waals surface area contributed by atoms with Crippen molar-refractivity contribution in [2.24, 2.45) is 10.9 Å². The van der Waals surface area contributed by atoms with E-state index in [4.69, 9.17) is 5.84 Å². The number of rotatable bonds is 1. The summed E-state index contributed by atoms with van der Waals surface area (Å²) in [6.45, 7) is 1.57. The molecule has 1 aromatic heterocycles. The number of pyridine rings is 1. The lowest BCUT2D eigenvalue weighted by Crippen LogP contribution is -2.17. The van der Waals surface area contributed by atoms with Crippen LogP contribution in [0, 0.1) is 0 Å². The Bertz CT molecular complexity index is 629. The van der Waals surface area contributed by atoms with E-state index >= 15 is 0 Å². The minimum absolute atomic E-state index is 0.0916. The van der Waals surface area contributed by atoms with Crippen LogP contribution in [0.25, 0.3) is 10.9 Å². The zero-order chi connectivity index (χ0) is 11.7. The fraction of sp³-hybridized carbons (Fsp3) is 0.0909. The number of hydrogen-bond acceptors (Lipinski definition) is 4. The van der Waals surface area contributed by atoms with E-state index in [1.165, 1.54) is 0 Å². The fourth-order valence-corrected chi connectivity index (χ4v) is 1.63. The SMILES string of the molecule is CC(=NN)c1c(O)c2ccccc2[nH]c1=O. The van der Waals surface area contributed by atoms with Gasteiger partial charge in [0.05, 0.1) is 11.2 Å². The number of nitrogens with two attached hydrogens (primary N) is 1. The second kappa shape index (κ2) is 3.69. The third-order valence-corrected chi connectivity index (χ3v) is 2.45. The van der Waals surface area contributed by atoms with Crippen LogP contribution in [-0.4, -0.2) is 15.8 Å². The molecule has 0 saturated carbocycles. The molecule has 0 atom stereocenters. The van der Waals surface area contributed by atoms with Crippen LogP contribution < -0.4 is 11.4 Å². The van der Waals surface area contributed by atoms with Gasteiger partial charge < -0.3 is 15.9 Å². The van der Waals surface area contributed by atoms with Gasteiger partial charge in [-0.15, -0.1) is 0 Å². The zero-order valence-corrected chi connectivity index (χ0v) is 8.69. The maximum Gasteiger partial charge on any atom is 0.261 e. The van der Waals surface area contributed by atoms with Crippen molar-refractivity contribution in [2.75, 3.05) is 0 Å². The Hall–Kier alpha value is -2.30. The topological polar surface area (TPSA) is 91.5 Å². The molecular weight excluding hydrogens is 206 g/mol. The molecule has 0 radical (unpaired) electrons. The van der Waals surface area contributed by atoms with Crippen molar-refractivity contribution in [1.29, 1.82) is 0 Å². The van der Waals surface area contributed by atoms with Crippen molar-refractivity contribution in [3.63, 3.8) is 0 Å². The van der Waals surface area contributed by atoms with Crippen LogP contribution >= 0.6 is 0 Å². The van der Waals surface area contributed by atoms with Gasteiger partial charge >= 0.3 is 0 Å². The minimum Gasteiger partial charge on any atom is -0.506 e. The number of aromatic nitrogens is 1. The van der Waals surface area contributed by atoms with Crippen molar-refractivity contribution < 1.29 is 5.11 Å². The number of fused-ring (bicyclic) bond motifs is 1. The first kappa shape index (κ1) is 10.2. The van der Waals surface area contributed by atoms with E-state index in [2.05, 4.69) is 10.1 Å². The molecule has 4 N–H and O–H groups in total. The Balaban J connectivity index is 2.92. The van der Waals surface area contributed by atoms with E-state index in [0.717, 1.165) is 0 Å². The Labute approximate surface area is 91.2 Å². The van der Waals surface area contributed by atoms with Crippen LogP contribution in [0.5, 0.6) is 5.75 Å². The average molecular weight is 217 g/mol. The number of aromatic hydroxyl groups is 1. The maximum atomic E-state index is 11.7. The van der Waals surface area contributed by atoms with Gasteiger partial charge in [-0.1, -0.05) is 12.1 Å². The minimum atomic E-state index is -0.400. The van der Waals surface area contributed by atoms with Crippen LogP contribution in [0.2, 0.25) is 0 Å². The third-order valence-electron chi connectivity index (χ3n) is 2.45. The van der Waals surface area contributed by atoms with Gasteiger partial charge in [0.25, 0.3) is 5.56 Å². The highest BCUT2D eigenvalue weighted by atomic mass is 16.3. The highest BCUT2D eigenvalue weighted by Crippen LogP contribution is 2.24. The average Bonchev–Trinajstić information content (AvgIpc) is 2.28. The number of benzene rings is 1. The molecule has 0 spiro atoms. The predicted molar refractivity (Wildman–Crippen MR) is 62.6 cm³/mol. The summed E-state index contributed by atoms with van der Waals surface area (Å²) in [5.74, 6) is 5.02. The molecule has 0 aliphatic rings. The van der Waals surface area contributed by atoms with Crippen molar-refractivity contribution in [1.82, 2.24) is 4.98 Å². The van der Waals surface area contributed by atoms with Gasteiger partial charge in [-0.2, -0.15) is 5.10 Å². The van der Waals surface area contributed by atoms with Crippen molar-refractivity contribution in [3.8, 4) is 5.75 Å². The van der Waals surface area contributed by atoms with Crippen molar-refractivity contribution >= 4 is 16.6 Å². The fourth-order valence-electron chi connectivity index (χ4n) is 1.63. The van der Waals surface area contributed by atoms with E-state index in [1.54, 1.807) is 31.2 Å². The summed E-state index contributed by atoms with van der Waals surface area (Å²) in [5, 5.41) is 14.0. The van der Waals surface area contributed by atoms with Gasteiger partial charge in [0.1, 0.15) is 11.3 Å². The Kier molecular flexibility index (Phi) is 2.36. The van der Waals surface area contributed by atoms with Crippen LogP contribution in [-0.2, 0) is 0 Å². The third kappa shape index (κ3) is 1.42. The normalized spacial score (nSPS) is 11.9. The molecule has 0 fully saturated rings. The number of hydrogen-bond donors (Lipinski definition) is 3.